The molecule has 1 aromatic heterocycles. The van der Waals surface area contributed by atoms with E-state index < -0.39 is 0 Å². The average molecular weight is 357 g/mol. The van der Waals surface area contributed by atoms with E-state index in [4.69, 9.17) is 4.74 Å². The minimum absolute atomic E-state index is 0.311. The molecule has 0 radical (unpaired) electrons. The van der Waals surface area contributed by atoms with E-state index in [9.17, 15) is 4.79 Å². The fraction of sp³-hybridized carbons (Fsp3) is 0.0909. The number of amides is 2. The number of ether oxygens (including phenoxy) is 1. The molecular weight excluding hydrogens is 338 g/mol. The molecule has 0 unspecified atom stereocenters. The highest BCUT2D eigenvalue weighted by Crippen LogP contribution is 2.13. The van der Waals surface area contributed by atoms with Crippen molar-refractivity contribution >= 4 is 11.7 Å². The molecule has 0 aliphatic rings. The molecule has 0 bridgehead atoms. The molecule has 3 rings (SSSR count). The Morgan fingerprint density at radius 1 is 1.00 bits per heavy atom. The summed E-state index contributed by atoms with van der Waals surface area (Å²) in [6.07, 6.45) is 1.64. The van der Waals surface area contributed by atoms with E-state index in [2.05, 4.69) is 27.5 Å². The van der Waals surface area contributed by atoms with E-state index in [1.54, 1.807) is 19.4 Å². The van der Waals surface area contributed by atoms with Gasteiger partial charge in [-0.1, -0.05) is 42.2 Å². The maximum absolute atomic E-state index is 12.2. The molecule has 0 saturated carbocycles. The normalized spacial score (nSPS) is 9.67. The summed E-state index contributed by atoms with van der Waals surface area (Å²) >= 11 is 0. The monoisotopic (exact) mass is 357 g/mol. The van der Waals surface area contributed by atoms with Gasteiger partial charge in [-0.15, -0.1) is 0 Å². The highest BCUT2D eigenvalue weighted by Gasteiger charge is 2.06. The third-order valence-electron chi connectivity index (χ3n) is 3.73. The summed E-state index contributed by atoms with van der Waals surface area (Å²) in [5, 5.41) is 5.60. The van der Waals surface area contributed by atoms with Crippen molar-refractivity contribution in [3.8, 4) is 17.7 Å². The molecule has 2 amide bonds. The Labute approximate surface area is 158 Å². The second-order valence-corrected chi connectivity index (χ2v) is 5.68. The zero-order valence-corrected chi connectivity index (χ0v) is 14.9. The Hall–Kier alpha value is -3.78. The lowest BCUT2D eigenvalue weighted by Gasteiger charge is -2.10. The van der Waals surface area contributed by atoms with Crippen molar-refractivity contribution in [1.29, 1.82) is 0 Å². The van der Waals surface area contributed by atoms with Gasteiger partial charge in [0.15, 0.2) is 0 Å². The topological polar surface area (TPSA) is 63.2 Å². The van der Waals surface area contributed by atoms with Crippen molar-refractivity contribution in [2.24, 2.45) is 0 Å². The standard InChI is InChI=1S/C22H19N3O2/c1-27-21-19(10-6-14-23-21)16-24-22(26)25-20-11-5-9-18(15-20)13-12-17-7-3-2-4-8-17/h2-11,14-15H,16H2,1H3,(H2,24,25,26). The van der Waals surface area contributed by atoms with Crippen LogP contribution in [0.3, 0.4) is 0 Å². The number of pyridine rings is 1. The molecule has 0 aliphatic carbocycles. The summed E-state index contributed by atoms with van der Waals surface area (Å²) in [5.41, 5.74) is 3.24. The lowest BCUT2D eigenvalue weighted by atomic mass is 10.1. The summed E-state index contributed by atoms with van der Waals surface area (Å²) in [7, 11) is 1.55. The van der Waals surface area contributed by atoms with Crippen LogP contribution in [0.4, 0.5) is 10.5 Å². The number of nitrogens with one attached hydrogen (secondary N) is 2. The summed E-state index contributed by atoms with van der Waals surface area (Å²) in [6, 6.07) is 20.5. The van der Waals surface area contributed by atoms with Crippen LogP contribution >= 0.6 is 0 Å². The molecule has 0 atom stereocenters. The number of hydrogen-bond acceptors (Lipinski definition) is 3. The van der Waals surface area contributed by atoms with E-state index in [1.807, 2.05) is 60.7 Å². The second-order valence-electron chi connectivity index (χ2n) is 5.68. The Bertz CT molecular complexity index is 975. The van der Waals surface area contributed by atoms with Crippen molar-refractivity contribution in [3.63, 3.8) is 0 Å². The van der Waals surface area contributed by atoms with Crippen LogP contribution in [0.15, 0.2) is 72.9 Å². The third-order valence-corrected chi connectivity index (χ3v) is 3.73. The van der Waals surface area contributed by atoms with Gasteiger partial charge in [-0.3, -0.25) is 0 Å². The zero-order valence-electron chi connectivity index (χ0n) is 14.9. The van der Waals surface area contributed by atoms with E-state index in [-0.39, 0.29) is 6.03 Å². The Kier molecular flexibility index (Phi) is 6.05. The summed E-state index contributed by atoms with van der Waals surface area (Å²) in [5.74, 6) is 6.70. The van der Waals surface area contributed by atoms with Gasteiger partial charge in [0.05, 0.1) is 7.11 Å². The summed E-state index contributed by atoms with van der Waals surface area (Å²) < 4.78 is 5.18. The molecule has 5 heteroatoms. The van der Waals surface area contributed by atoms with Gasteiger partial charge in [0.25, 0.3) is 0 Å². The van der Waals surface area contributed by atoms with Gasteiger partial charge in [-0.2, -0.15) is 0 Å². The number of carbonyl (C=O) groups is 1. The zero-order chi connectivity index (χ0) is 18.9. The number of aromatic nitrogens is 1. The predicted octanol–water partition coefficient (Wildman–Crippen LogP) is 3.81. The number of benzene rings is 2. The molecule has 2 aromatic carbocycles. The highest BCUT2D eigenvalue weighted by molar-refractivity contribution is 5.89. The molecule has 27 heavy (non-hydrogen) atoms. The minimum atomic E-state index is -0.311. The third kappa shape index (κ3) is 5.35. The van der Waals surface area contributed by atoms with E-state index in [0.29, 0.717) is 18.1 Å². The number of methoxy groups -OCH3 is 1. The number of nitrogens with zero attached hydrogens (tertiary/aromatic N) is 1. The largest absolute Gasteiger partial charge is 0.481 e. The van der Waals surface area contributed by atoms with Gasteiger partial charge in [-0.05, 0) is 36.4 Å². The first-order valence-electron chi connectivity index (χ1n) is 8.44. The molecule has 1 heterocycles. The van der Waals surface area contributed by atoms with Gasteiger partial charge in [0.2, 0.25) is 5.88 Å². The number of carbonyl (C=O) groups excluding carboxylic acids is 1. The van der Waals surface area contributed by atoms with Gasteiger partial charge < -0.3 is 15.4 Å². The van der Waals surface area contributed by atoms with E-state index in [1.165, 1.54) is 0 Å². The van der Waals surface area contributed by atoms with Crippen LogP contribution in [-0.2, 0) is 6.54 Å². The van der Waals surface area contributed by atoms with Crippen molar-refractivity contribution in [3.05, 3.63) is 89.6 Å². The number of hydrogen-bond donors (Lipinski definition) is 2. The lowest BCUT2D eigenvalue weighted by Crippen LogP contribution is -2.28. The predicted molar refractivity (Wildman–Crippen MR) is 106 cm³/mol. The first kappa shape index (κ1) is 18.0. The SMILES string of the molecule is COc1ncccc1CNC(=O)Nc1cccc(C#Cc2ccccc2)c1. The van der Waals surface area contributed by atoms with Crippen molar-refractivity contribution in [1.82, 2.24) is 10.3 Å². The smallest absolute Gasteiger partial charge is 0.319 e. The summed E-state index contributed by atoms with van der Waals surface area (Å²) in [4.78, 5) is 16.3. The molecule has 0 saturated heterocycles. The van der Waals surface area contributed by atoms with Crippen LogP contribution in [0.5, 0.6) is 5.88 Å². The van der Waals surface area contributed by atoms with Crippen LogP contribution in [-0.4, -0.2) is 18.1 Å². The maximum Gasteiger partial charge on any atom is 0.319 e. The van der Waals surface area contributed by atoms with Crippen molar-refractivity contribution < 1.29 is 9.53 Å². The van der Waals surface area contributed by atoms with Crippen LogP contribution in [0.1, 0.15) is 16.7 Å². The van der Waals surface area contributed by atoms with Crippen LogP contribution in [0.2, 0.25) is 0 Å². The average Bonchev–Trinajstić information content (AvgIpc) is 2.72. The lowest BCUT2D eigenvalue weighted by molar-refractivity contribution is 0.251. The van der Waals surface area contributed by atoms with Crippen LogP contribution in [0.25, 0.3) is 0 Å². The molecule has 2 N–H and O–H groups in total. The molecule has 0 fully saturated rings. The van der Waals surface area contributed by atoms with Crippen LogP contribution in [0, 0.1) is 11.8 Å². The molecular formula is C22H19N3O2. The highest BCUT2D eigenvalue weighted by atomic mass is 16.5. The second kappa shape index (κ2) is 9.07. The molecule has 0 aliphatic heterocycles. The van der Waals surface area contributed by atoms with Crippen molar-refractivity contribution in [2.75, 3.05) is 12.4 Å². The molecule has 134 valence electrons. The fourth-order valence-corrected chi connectivity index (χ4v) is 2.43. The Morgan fingerprint density at radius 3 is 2.59 bits per heavy atom. The Morgan fingerprint density at radius 2 is 1.78 bits per heavy atom. The Balaban J connectivity index is 1.61. The van der Waals surface area contributed by atoms with E-state index >= 15 is 0 Å². The minimum Gasteiger partial charge on any atom is -0.481 e. The molecule has 5 nitrogen and oxygen atoms in total. The first-order valence-corrected chi connectivity index (χ1v) is 8.44. The van der Waals surface area contributed by atoms with Gasteiger partial charge in [-0.25, -0.2) is 9.78 Å². The number of rotatable bonds is 4. The van der Waals surface area contributed by atoms with Crippen LogP contribution < -0.4 is 15.4 Å². The van der Waals surface area contributed by atoms with Gasteiger partial charge in [0.1, 0.15) is 0 Å². The molecule has 0 spiro atoms. The van der Waals surface area contributed by atoms with Gasteiger partial charge in [0, 0.05) is 35.1 Å². The fourth-order valence-electron chi connectivity index (χ4n) is 2.43. The number of urea groups is 1. The summed E-state index contributed by atoms with van der Waals surface area (Å²) in [6.45, 7) is 0.316. The number of anilines is 1. The van der Waals surface area contributed by atoms with Gasteiger partial charge >= 0.3 is 6.03 Å². The molecule has 3 aromatic rings. The van der Waals surface area contributed by atoms with E-state index in [0.717, 1.165) is 16.7 Å². The first-order chi connectivity index (χ1) is 13.2. The van der Waals surface area contributed by atoms with Crippen molar-refractivity contribution in [2.45, 2.75) is 6.54 Å². The quantitative estimate of drug-likeness (QED) is 0.698. The maximum atomic E-state index is 12.2.